The van der Waals surface area contributed by atoms with Crippen molar-refractivity contribution in [1.82, 2.24) is 0 Å². The standard InChI is InChI=1S/C7H11PS/c1-6-4-8(3,9)5-7(6)2/h5H,1,4H2,2-3H3. The minimum Gasteiger partial charge on any atom is -0.552 e. The highest BCUT2D eigenvalue weighted by atomic mass is 32.7. The molecule has 1 aliphatic rings. The second-order valence-corrected chi connectivity index (χ2v) is 8.17. The van der Waals surface area contributed by atoms with Gasteiger partial charge in [0.15, 0.2) is 0 Å². The normalized spacial score (nSPS) is 35.0. The van der Waals surface area contributed by atoms with Gasteiger partial charge in [0.25, 0.3) is 0 Å². The second kappa shape index (κ2) is 2.14. The van der Waals surface area contributed by atoms with E-state index in [1.165, 1.54) is 11.1 Å². The van der Waals surface area contributed by atoms with Crippen molar-refractivity contribution < 1.29 is 0 Å². The van der Waals surface area contributed by atoms with Crippen molar-refractivity contribution in [1.29, 1.82) is 0 Å². The van der Waals surface area contributed by atoms with Gasteiger partial charge in [-0.3, -0.25) is 0 Å². The molecule has 1 unspecified atom stereocenters. The average Bonchev–Trinajstić information content (AvgIpc) is 1.79. The van der Waals surface area contributed by atoms with E-state index in [2.05, 4.69) is 26.0 Å². The Morgan fingerprint density at radius 1 is 1.78 bits per heavy atom. The molecule has 0 saturated carbocycles. The van der Waals surface area contributed by atoms with Crippen LogP contribution in [0.15, 0.2) is 23.5 Å². The van der Waals surface area contributed by atoms with E-state index in [1.54, 1.807) is 0 Å². The summed E-state index contributed by atoms with van der Waals surface area (Å²) in [7, 11) is 0. The highest BCUT2D eigenvalue weighted by molar-refractivity contribution is 8.43. The lowest BCUT2D eigenvalue weighted by molar-refractivity contribution is 1.42. The Hall–Kier alpha value is 0.260. The molecule has 1 heterocycles. The van der Waals surface area contributed by atoms with Crippen LogP contribution in [0.4, 0.5) is 0 Å². The molecule has 50 valence electrons. The molecule has 0 amide bonds. The van der Waals surface area contributed by atoms with Crippen LogP contribution < -0.4 is 0 Å². The summed E-state index contributed by atoms with van der Waals surface area (Å²) in [6, 6.07) is 0. The summed E-state index contributed by atoms with van der Waals surface area (Å²) in [4.78, 5) is 0. The van der Waals surface area contributed by atoms with Crippen LogP contribution >= 0.6 is 6.46 Å². The van der Waals surface area contributed by atoms with E-state index >= 15 is 0 Å². The van der Waals surface area contributed by atoms with Crippen molar-refractivity contribution in [3.05, 3.63) is 23.5 Å². The molecule has 0 aliphatic carbocycles. The molecule has 2 heteroatoms. The molecule has 0 aromatic heterocycles. The highest BCUT2D eigenvalue weighted by Gasteiger charge is 2.23. The molecule has 0 spiro atoms. The second-order valence-electron chi connectivity index (χ2n) is 2.75. The highest BCUT2D eigenvalue weighted by Crippen LogP contribution is 2.61. The van der Waals surface area contributed by atoms with Crippen molar-refractivity contribution >= 4 is 18.7 Å². The van der Waals surface area contributed by atoms with Crippen LogP contribution in [0, 0.1) is 0 Å². The largest absolute Gasteiger partial charge is 0.552 e. The molecule has 0 radical (unpaired) electrons. The van der Waals surface area contributed by atoms with Crippen molar-refractivity contribution in [2.45, 2.75) is 6.92 Å². The van der Waals surface area contributed by atoms with Crippen molar-refractivity contribution in [2.75, 3.05) is 12.8 Å². The van der Waals surface area contributed by atoms with Crippen molar-refractivity contribution in [2.24, 2.45) is 0 Å². The van der Waals surface area contributed by atoms with Crippen molar-refractivity contribution in [3.8, 4) is 0 Å². The van der Waals surface area contributed by atoms with Gasteiger partial charge in [0, 0.05) is 12.5 Å². The minimum atomic E-state index is -1.08. The minimum absolute atomic E-state index is 1.06. The summed E-state index contributed by atoms with van der Waals surface area (Å²) >= 11 is 5.34. The molecule has 1 atom stereocenters. The molecule has 0 nitrogen and oxygen atoms in total. The predicted octanol–water partition coefficient (Wildman–Crippen LogP) is 2.57. The summed E-state index contributed by atoms with van der Waals surface area (Å²) in [5.41, 5.74) is 2.57. The maximum Gasteiger partial charge on any atom is 0.0683 e. The van der Waals surface area contributed by atoms with E-state index < -0.39 is 6.46 Å². The maximum absolute atomic E-state index is 5.34. The molecule has 0 bridgehead atoms. The van der Waals surface area contributed by atoms with Gasteiger partial charge in [0.05, 0.1) is 6.16 Å². The number of rotatable bonds is 0. The zero-order valence-electron chi connectivity index (χ0n) is 5.85. The number of allylic oxidation sites excluding steroid dienone is 2. The third-order valence-corrected chi connectivity index (χ3v) is 4.18. The Morgan fingerprint density at radius 3 is 2.44 bits per heavy atom. The molecule has 0 aromatic rings. The first-order chi connectivity index (χ1) is 4.01. The first kappa shape index (κ1) is 7.37. The molecule has 1 aliphatic heterocycles. The summed E-state index contributed by atoms with van der Waals surface area (Å²) in [5, 5.41) is 0. The Morgan fingerprint density at radius 2 is 2.33 bits per heavy atom. The van der Waals surface area contributed by atoms with Gasteiger partial charge in [-0.1, -0.05) is 13.0 Å². The molecule has 0 saturated heterocycles. The van der Waals surface area contributed by atoms with E-state index in [-0.39, 0.29) is 0 Å². The van der Waals surface area contributed by atoms with Gasteiger partial charge >= 0.3 is 0 Å². The third kappa shape index (κ3) is 1.59. The van der Waals surface area contributed by atoms with Crippen LogP contribution in [0.2, 0.25) is 0 Å². The quantitative estimate of drug-likeness (QED) is 0.385. The first-order valence-corrected chi connectivity index (χ1v) is 6.45. The fourth-order valence-electron chi connectivity index (χ4n) is 1.05. The fourth-order valence-corrected chi connectivity index (χ4v) is 4.09. The SMILES string of the molecule is C=C1C[P+](C)([S-])C=C1C. The zero-order chi connectivity index (χ0) is 7.07. The van der Waals surface area contributed by atoms with Crippen LogP contribution in [0.3, 0.4) is 0 Å². The third-order valence-electron chi connectivity index (χ3n) is 1.53. The smallest absolute Gasteiger partial charge is 0.0683 e. The Bertz CT molecular complexity index is 179. The topological polar surface area (TPSA) is 0 Å². The van der Waals surface area contributed by atoms with Gasteiger partial charge in [-0.05, 0) is 18.1 Å². The van der Waals surface area contributed by atoms with Crippen LogP contribution in [0.25, 0.3) is 0 Å². The maximum atomic E-state index is 5.34. The van der Waals surface area contributed by atoms with Gasteiger partial charge in [0.2, 0.25) is 0 Å². The van der Waals surface area contributed by atoms with Gasteiger partial charge in [-0.2, -0.15) is 0 Å². The molecule has 0 aromatic carbocycles. The van der Waals surface area contributed by atoms with Crippen molar-refractivity contribution in [3.63, 3.8) is 0 Å². The van der Waals surface area contributed by atoms with Crippen LogP contribution in [-0.2, 0) is 12.2 Å². The van der Waals surface area contributed by atoms with E-state index in [1.807, 2.05) is 0 Å². The van der Waals surface area contributed by atoms with E-state index in [9.17, 15) is 0 Å². The molecule has 1 rings (SSSR count). The van der Waals surface area contributed by atoms with Crippen LogP contribution in [0.1, 0.15) is 6.92 Å². The number of hydrogen-bond acceptors (Lipinski definition) is 1. The predicted molar refractivity (Wildman–Crippen MR) is 48.0 cm³/mol. The molecule has 0 fully saturated rings. The number of hydrogen-bond donors (Lipinski definition) is 0. The lowest BCUT2D eigenvalue weighted by atomic mass is 10.2. The lowest BCUT2D eigenvalue weighted by Gasteiger charge is -2.18. The Labute approximate surface area is 62.5 Å². The van der Waals surface area contributed by atoms with Crippen LogP contribution in [0.5, 0.6) is 0 Å². The summed E-state index contributed by atoms with van der Waals surface area (Å²) in [6.45, 7) is 7.11. The summed E-state index contributed by atoms with van der Waals surface area (Å²) < 4.78 is 0. The zero-order valence-corrected chi connectivity index (χ0v) is 7.56. The van der Waals surface area contributed by atoms with Gasteiger partial charge in [-0.15, -0.1) is 0 Å². The Kier molecular flexibility index (Phi) is 1.75. The lowest BCUT2D eigenvalue weighted by Crippen LogP contribution is -1.84. The molecular formula is C7H11PS. The van der Waals surface area contributed by atoms with E-state index in [0.29, 0.717) is 0 Å². The van der Waals surface area contributed by atoms with Crippen LogP contribution in [-0.4, -0.2) is 12.8 Å². The Balaban J connectivity index is 2.86. The summed E-state index contributed by atoms with van der Waals surface area (Å²) in [6.07, 6.45) is 1.06. The molecule has 0 N–H and O–H groups in total. The molecular weight excluding hydrogens is 147 g/mol. The fraction of sp³-hybridized carbons (Fsp3) is 0.429. The summed E-state index contributed by atoms with van der Waals surface area (Å²) in [5.74, 6) is 2.23. The van der Waals surface area contributed by atoms with Gasteiger partial charge < -0.3 is 12.2 Å². The van der Waals surface area contributed by atoms with E-state index in [0.717, 1.165) is 6.16 Å². The first-order valence-electron chi connectivity index (χ1n) is 2.95. The average molecular weight is 158 g/mol. The molecule has 9 heavy (non-hydrogen) atoms. The van der Waals surface area contributed by atoms with E-state index in [4.69, 9.17) is 12.2 Å². The van der Waals surface area contributed by atoms with Gasteiger partial charge in [-0.25, -0.2) is 0 Å². The van der Waals surface area contributed by atoms with Gasteiger partial charge in [0.1, 0.15) is 0 Å². The monoisotopic (exact) mass is 158 g/mol.